The average Bonchev–Trinajstić information content (AvgIpc) is 3.35. The minimum Gasteiger partial charge on any atom is -0.377 e. The van der Waals surface area contributed by atoms with Crippen LogP contribution in [0.4, 0.5) is 4.39 Å². The van der Waals surface area contributed by atoms with Crippen LogP contribution in [0.2, 0.25) is 0 Å². The van der Waals surface area contributed by atoms with E-state index in [1.165, 1.54) is 12.1 Å². The quantitative estimate of drug-likeness (QED) is 0.691. The summed E-state index contributed by atoms with van der Waals surface area (Å²) in [6.07, 6.45) is 6.14. The van der Waals surface area contributed by atoms with Crippen LogP contribution in [0.15, 0.2) is 54.9 Å². The Balaban J connectivity index is 1.54. The summed E-state index contributed by atoms with van der Waals surface area (Å²) in [5.41, 5.74) is 3.96. The van der Waals surface area contributed by atoms with E-state index in [1.807, 2.05) is 30.6 Å². The van der Waals surface area contributed by atoms with Crippen LogP contribution in [0, 0.1) is 5.82 Å². The molecule has 0 bridgehead atoms. The van der Waals surface area contributed by atoms with Crippen LogP contribution in [-0.2, 0) is 17.8 Å². The average molecular weight is 366 g/mol. The van der Waals surface area contributed by atoms with Gasteiger partial charge >= 0.3 is 0 Å². The zero-order chi connectivity index (χ0) is 18.5. The van der Waals surface area contributed by atoms with Crippen LogP contribution in [0.3, 0.4) is 0 Å². The molecule has 1 aromatic carbocycles. The number of halogens is 1. The molecule has 27 heavy (non-hydrogen) atoms. The summed E-state index contributed by atoms with van der Waals surface area (Å²) in [4.78, 5) is 6.81. The van der Waals surface area contributed by atoms with Crippen LogP contribution in [0.1, 0.15) is 24.1 Å². The van der Waals surface area contributed by atoms with Crippen molar-refractivity contribution in [1.82, 2.24) is 20.1 Å². The van der Waals surface area contributed by atoms with Gasteiger partial charge in [0.15, 0.2) is 0 Å². The van der Waals surface area contributed by atoms with Gasteiger partial charge < -0.3 is 4.74 Å². The maximum absolute atomic E-state index is 13.3. The van der Waals surface area contributed by atoms with Gasteiger partial charge in [-0.2, -0.15) is 5.10 Å². The van der Waals surface area contributed by atoms with E-state index in [0.717, 1.165) is 61.6 Å². The van der Waals surface area contributed by atoms with Gasteiger partial charge in [-0.15, -0.1) is 0 Å². The summed E-state index contributed by atoms with van der Waals surface area (Å²) in [5.74, 6) is -0.241. The predicted octanol–water partition coefficient (Wildman–Crippen LogP) is 3.79. The number of benzene rings is 1. The summed E-state index contributed by atoms with van der Waals surface area (Å²) in [6, 6.07) is 12.5. The highest BCUT2D eigenvalue weighted by Crippen LogP contribution is 2.24. The lowest BCUT2D eigenvalue weighted by atomic mass is 10.1. The van der Waals surface area contributed by atoms with Crippen molar-refractivity contribution in [1.29, 1.82) is 0 Å². The number of nitrogens with zero attached hydrogens (tertiary/aromatic N) is 3. The van der Waals surface area contributed by atoms with Crippen LogP contribution in [0.5, 0.6) is 0 Å². The number of hydrogen-bond acceptors (Lipinski definition) is 4. The zero-order valence-electron chi connectivity index (χ0n) is 15.1. The second kappa shape index (κ2) is 8.41. The molecule has 5 nitrogen and oxygen atoms in total. The molecule has 0 radical (unpaired) electrons. The van der Waals surface area contributed by atoms with Crippen molar-refractivity contribution in [3.63, 3.8) is 0 Å². The molecule has 1 aliphatic heterocycles. The third kappa shape index (κ3) is 4.59. The van der Waals surface area contributed by atoms with Crippen molar-refractivity contribution < 1.29 is 9.13 Å². The van der Waals surface area contributed by atoms with Gasteiger partial charge in [0.05, 0.1) is 23.7 Å². The summed E-state index contributed by atoms with van der Waals surface area (Å²) in [7, 11) is 0. The van der Waals surface area contributed by atoms with Gasteiger partial charge in [0.25, 0.3) is 0 Å². The molecular weight excluding hydrogens is 343 g/mol. The molecule has 4 rings (SSSR count). The third-order valence-corrected chi connectivity index (χ3v) is 4.84. The monoisotopic (exact) mass is 366 g/mol. The van der Waals surface area contributed by atoms with Gasteiger partial charge in [-0.05, 0) is 49.2 Å². The molecular formula is C21H23FN4O. The number of aromatic amines is 1. The van der Waals surface area contributed by atoms with Crippen molar-refractivity contribution in [2.75, 3.05) is 13.2 Å². The normalized spacial score (nSPS) is 16.9. The number of rotatable bonds is 7. The first-order valence-corrected chi connectivity index (χ1v) is 9.30. The highest BCUT2D eigenvalue weighted by atomic mass is 19.1. The fourth-order valence-corrected chi connectivity index (χ4v) is 3.52. The minimum atomic E-state index is -0.241. The van der Waals surface area contributed by atoms with Gasteiger partial charge in [-0.25, -0.2) is 4.39 Å². The van der Waals surface area contributed by atoms with E-state index in [1.54, 1.807) is 12.1 Å². The van der Waals surface area contributed by atoms with Crippen molar-refractivity contribution in [3.8, 4) is 11.3 Å². The van der Waals surface area contributed by atoms with Crippen LogP contribution in [-0.4, -0.2) is 39.3 Å². The minimum absolute atomic E-state index is 0.241. The Bertz CT molecular complexity index is 844. The molecule has 1 atom stereocenters. The largest absolute Gasteiger partial charge is 0.377 e. The molecule has 3 aromatic rings. The van der Waals surface area contributed by atoms with Gasteiger partial charge in [-0.1, -0.05) is 6.07 Å². The van der Waals surface area contributed by atoms with E-state index < -0.39 is 0 Å². The van der Waals surface area contributed by atoms with E-state index in [4.69, 9.17) is 4.74 Å². The van der Waals surface area contributed by atoms with Crippen LogP contribution in [0.25, 0.3) is 11.3 Å². The molecule has 0 saturated carbocycles. The molecule has 0 amide bonds. The lowest BCUT2D eigenvalue weighted by Gasteiger charge is -2.25. The number of ether oxygens (including phenoxy) is 1. The van der Waals surface area contributed by atoms with Crippen molar-refractivity contribution in [2.45, 2.75) is 32.0 Å². The molecule has 140 valence electrons. The maximum Gasteiger partial charge on any atom is 0.123 e. The molecule has 6 heteroatoms. The first-order valence-electron chi connectivity index (χ1n) is 9.30. The first-order chi connectivity index (χ1) is 13.3. The third-order valence-electron chi connectivity index (χ3n) is 4.84. The Labute approximate surface area is 158 Å². The number of aromatic nitrogens is 3. The molecule has 3 heterocycles. The van der Waals surface area contributed by atoms with Crippen LogP contribution >= 0.6 is 0 Å². The second-order valence-corrected chi connectivity index (χ2v) is 6.90. The highest BCUT2D eigenvalue weighted by Gasteiger charge is 2.21. The van der Waals surface area contributed by atoms with Crippen molar-refractivity contribution in [2.24, 2.45) is 0 Å². The fourth-order valence-electron chi connectivity index (χ4n) is 3.52. The molecule has 1 saturated heterocycles. The van der Waals surface area contributed by atoms with Gasteiger partial charge in [0.2, 0.25) is 0 Å². The molecule has 0 aliphatic carbocycles. The molecule has 1 aliphatic rings. The van der Waals surface area contributed by atoms with E-state index >= 15 is 0 Å². The lowest BCUT2D eigenvalue weighted by Crippen LogP contribution is -2.31. The number of hydrogen-bond donors (Lipinski definition) is 1. The summed E-state index contributed by atoms with van der Waals surface area (Å²) in [6.45, 7) is 3.16. The molecule has 2 aromatic heterocycles. The maximum atomic E-state index is 13.3. The van der Waals surface area contributed by atoms with E-state index in [9.17, 15) is 4.39 Å². The van der Waals surface area contributed by atoms with Crippen molar-refractivity contribution >= 4 is 0 Å². The van der Waals surface area contributed by atoms with E-state index in [0.29, 0.717) is 0 Å². The van der Waals surface area contributed by atoms with Crippen molar-refractivity contribution in [3.05, 3.63) is 71.9 Å². The Kier molecular flexibility index (Phi) is 5.55. The summed E-state index contributed by atoms with van der Waals surface area (Å²) >= 11 is 0. The number of nitrogens with one attached hydrogen (secondary N) is 1. The zero-order valence-corrected chi connectivity index (χ0v) is 15.1. The lowest BCUT2D eigenvalue weighted by molar-refractivity contribution is 0.0675. The Hall–Kier alpha value is -2.57. The molecule has 1 unspecified atom stereocenters. The number of H-pyrrole nitrogens is 1. The van der Waals surface area contributed by atoms with E-state index in [-0.39, 0.29) is 11.9 Å². The standard InChI is InChI=1S/C21H23FN4O/c22-18-8-6-16(7-9-18)21-17(12-24-25-21)13-26(15-20-5-3-11-27-20)14-19-4-1-2-10-23-19/h1-2,4,6-10,12,20H,3,5,11,13-15H2,(H,24,25). The smallest absolute Gasteiger partial charge is 0.123 e. The molecule has 1 N–H and O–H groups in total. The van der Waals surface area contributed by atoms with Gasteiger partial charge in [0.1, 0.15) is 5.82 Å². The summed E-state index contributed by atoms with van der Waals surface area (Å²) in [5, 5.41) is 7.28. The number of pyridine rings is 1. The molecule has 0 spiro atoms. The predicted molar refractivity (Wildman–Crippen MR) is 101 cm³/mol. The molecule has 1 fully saturated rings. The highest BCUT2D eigenvalue weighted by molar-refractivity contribution is 5.62. The SMILES string of the molecule is Fc1ccc(-c2[nH]ncc2CN(Cc2ccccn2)CC2CCCO2)cc1. The van der Waals surface area contributed by atoms with Gasteiger partial charge in [-0.3, -0.25) is 15.0 Å². The Morgan fingerprint density at radius 3 is 2.78 bits per heavy atom. The van der Waals surface area contributed by atoms with Crippen LogP contribution < -0.4 is 0 Å². The summed E-state index contributed by atoms with van der Waals surface area (Å²) < 4.78 is 19.1. The Morgan fingerprint density at radius 2 is 2.04 bits per heavy atom. The van der Waals surface area contributed by atoms with Gasteiger partial charge in [0, 0.05) is 43.6 Å². The Morgan fingerprint density at radius 1 is 1.15 bits per heavy atom. The second-order valence-electron chi connectivity index (χ2n) is 6.90. The fraction of sp³-hybridized carbons (Fsp3) is 0.333. The first kappa shape index (κ1) is 17.8. The topological polar surface area (TPSA) is 54.0 Å². The van der Waals surface area contributed by atoms with E-state index in [2.05, 4.69) is 20.1 Å².